The Bertz CT molecular complexity index is 1010. The van der Waals surface area contributed by atoms with Gasteiger partial charge in [-0.15, -0.1) is 17.5 Å². The Morgan fingerprint density at radius 3 is 2.70 bits per heavy atom. The molecule has 7 nitrogen and oxygen atoms in total. The predicted molar refractivity (Wildman–Crippen MR) is 120 cm³/mol. The van der Waals surface area contributed by atoms with E-state index in [0.29, 0.717) is 17.4 Å². The topological polar surface area (TPSA) is 81.1 Å². The second kappa shape index (κ2) is 9.73. The van der Waals surface area contributed by atoms with Crippen molar-refractivity contribution in [3.63, 3.8) is 0 Å². The fraction of sp³-hybridized carbons (Fsp3) is 0.318. The van der Waals surface area contributed by atoms with Crippen LogP contribution in [0.3, 0.4) is 0 Å². The van der Waals surface area contributed by atoms with Crippen LogP contribution >= 0.6 is 12.4 Å². The number of carbonyl (C=O) groups excluding carboxylic acids is 1. The first kappa shape index (κ1) is 21.8. The van der Waals surface area contributed by atoms with Crippen LogP contribution in [-0.2, 0) is 0 Å². The van der Waals surface area contributed by atoms with Crippen LogP contribution in [0.25, 0.3) is 11.1 Å². The third-order valence-electron chi connectivity index (χ3n) is 5.34. The van der Waals surface area contributed by atoms with Gasteiger partial charge in [-0.3, -0.25) is 4.79 Å². The van der Waals surface area contributed by atoms with E-state index in [2.05, 4.69) is 20.9 Å². The molecule has 30 heavy (non-hydrogen) atoms. The number of benzene rings is 2. The fourth-order valence-electron chi connectivity index (χ4n) is 3.79. The lowest BCUT2D eigenvalue weighted by Gasteiger charge is -2.23. The van der Waals surface area contributed by atoms with E-state index >= 15 is 0 Å². The van der Waals surface area contributed by atoms with Gasteiger partial charge in [-0.05, 0) is 56.6 Å². The minimum Gasteiger partial charge on any atom is -0.496 e. The van der Waals surface area contributed by atoms with Gasteiger partial charge in [0.05, 0.1) is 18.8 Å². The molecule has 8 heteroatoms. The van der Waals surface area contributed by atoms with E-state index in [1.807, 2.05) is 60.1 Å². The maximum Gasteiger partial charge on any atom is 0.278 e. The zero-order valence-corrected chi connectivity index (χ0v) is 17.9. The van der Waals surface area contributed by atoms with E-state index in [4.69, 9.17) is 4.74 Å². The molecule has 0 bridgehead atoms. The first-order chi connectivity index (χ1) is 14.2. The van der Waals surface area contributed by atoms with Crippen LogP contribution in [-0.4, -0.2) is 41.1 Å². The highest BCUT2D eigenvalue weighted by Gasteiger charge is 2.23. The summed E-state index contributed by atoms with van der Waals surface area (Å²) in [6.07, 6.45) is 1.98. The number of carbonyl (C=O) groups is 1. The van der Waals surface area contributed by atoms with Crippen LogP contribution in [0.15, 0.2) is 48.5 Å². The second-order valence-electron chi connectivity index (χ2n) is 7.18. The Hall–Kier alpha value is -2.90. The zero-order valence-electron chi connectivity index (χ0n) is 17.1. The number of rotatable bonds is 5. The summed E-state index contributed by atoms with van der Waals surface area (Å²) in [5.41, 5.74) is 3.81. The van der Waals surface area contributed by atoms with Gasteiger partial charge in [0, 0.05) is 11.3 Å². The first-order valence-corrected chi connectivity index (χ1v) is 9.84. The summed E-state index contributed by atoms with van der Waals surface area (Å²) >= 11 is 0. The maximum atomic E-state index is 12.8. The number of para-hydroxylation sites is 1. The van der Waals surface area contributed by atoms with Crippen molar-refractivity contribution in [1.29, 1.82) is 0 Å². The van der Waals surface area contributed by atoms with Crippen LogP contribution in [0, 0.1) is 6.92 Å². The monoisotopic (exact) mass is 427 g/mol. The molecule has 1 aromatic heterocycles. The molecule has 2 N–H and O–H groups in total. The normalized spacial score (nSPS) is 14.1. The average molecular weight is 428 g/mol. The Morgan fingerprint density at radius 2 is 1.93 bits per heavy atom. The number of methoxy groups -OCH3 is 1. The number of aromatic nitrogens is 3. The van der Waals surface area contributed by atoms with Crippen molar-refractivity contribution >= 4 is 24.0 Å². The molecule has 4 rings (SSSR count). The van der Waals surface area contributed by atoms with Gasteiger partial charge in [0.15, 0.2) is 5.69 Å². The van der Waals surface area contributed by atoms with Gasteiger partial charge in [0.25, 0.3) is 5.91 Å². The number of hydrogen-bond donors (Lipinski definition) is 2. The minimum atomic E-state index is -0.250. The van der Waals surface area contributed by atoms with Crippen LogP contribution in [0.2, 0.25) is 0 Å². The van der Waals surface area contributed by atoms with Crippen LogP contribution in [0.5, 0.6) is 5.75 Å². The SMILES string of the molecule is COc1ccccc1-c1cccc(NC(=O)c2nnn(C3CCNCC3)c2C)c1.Cl. The smallest absolute Gasteiger partial charge is 0.278 e. The van der Waals surface area contributed by atoms with Gasteiger partial charge in [0.2, 0.25) is 0 Å². The molecule has 0 radical (unpaired) electrons. The molecular weight excluding hydrogens is 402 g/mol. The number of piperidine rings is 1. The fourth-order valence-corrected chi connectivity index (χ4v) is 3.79. The van der Waals surface area contributed by atoms with Crippen LogP contribution < -0.4 is 15.4 Å². The van der Waals surface area contributed by atoms with Gasteiger partial charge in [-0.2, -0.15) is 0 Å². The van der Waals surface area contributed by atoms with Gasteiger partial charge in [0.1, 0.15) is 5.75 Å². The number of nitrogens with zero attached hydrogens (tertiary/aromatic N) is 3. The molecule has 1 aliphatic heterocycles. The summed E-state index contributed by atoms with van der Waals surface area (Å²) in [5.74, 6) is 0.539. The summed E-state index contributed by atoms with van der Waals surface area (Å²) < 4.78 is 7.34. The lowest BCUT2D eigenvalue weighted by Crippen LogP contribution is -2.30. The van der Waals surface area contributed by atoms with Crippen molar-refractivity contribution in [2.75, 3.05) is 25.5 Å². The molecule has 0 unspecified atom stereocenters. The molecule has 1 amide bonds. The molecule has 1 aliphatic rings. The lowest BCUT2D eigenvalue weighted by atomic mass is 10.0. The van der Waals surface area contributed by atoms with E-state index in [9.17, 15) is 4.79 Å². The minimum absolute atomic E-state index is 0. The van der Waals surface area contributed by atoms with Gasteiger partial charge < -0.3 is 15.4 Å². The van der Waals surface area contributed by atoms with E-state index in [0.717, 1.165) is 48.5 Å². The molecule has 1 fully saturated rings. The Kier molecular flexibility index (Phi) is 7.07. The predicted octanol–water partition coefficient (Wildman–Crippen LogP) is 3.86. The Balaban J connectivity index is 0.00000256. The summed E-state index contributed by atoms with van der Waals surface area (Å²) in [7, 11) is 1.65. The zero-order chi connectivity index (χ0) is 20.2. The largest absolute Gasteiger partial charge is 0.496 e. The summed E-state index contributed by atoms with van der Waals surface area (Å²) in [5, 5.41) is 14.7. The summed E-state index contributed by atoms with van der Waals surface area (Å²) in [4.78, 5) is 12.8. The molecule has 2 heterocycles. The number of hydrogen-bond acceptors (Lipinski definition) is 5. The van der Waals surface area contributed by atoms with Gasteiger partial charge in [-0.25, -0.2) is 4.68 Å². The molecule has 0 saturated carbocycles. The van der Waals surface area contributed by atoms with Crippen molar-refractivity contribution in [2.45, 2.75) is 25.8 Å². The highest BCUT2D eigenvalue weighted by molar-refractivity contribution is 6.03. The highest BCUT2D eigenvalue weighted by atomic mass is 35.5. The molecule has 158 valence electrons. The van der Waals surface area contributed by atoms with E-state index < -0.39 is 0 Å². The molecule has 2 aromatic carbocycles. The van der Waals surface area contributed by atoms with E-state index in [1.54, 1.807) is 7.11 Å². The van der Waals surface area contributed by atoms with Crippen molar-refractivity contribution < 1.29 is 9.53 Å². The molecule has 1 saturated heterocycles. The number of nitrogens with one attached hydrogen (secondary N) is 2. The van der Waals surface area contributed by atoms with Crippen molar-refractivity contribution in [2.24, 2.45) is 0 Å². The lowest BCUT2D eigenvalue weighted by molar-refractivity contribution is 0.102. The quantitative estimate of drug-likeness (QED) is 0.646. The van der Waals surface area contributed by atoms with Crippen molar-refractivity contribution in [3.8, 4) is 16.9 Å². The number of ether oxygens (including phenoxy) is 1. The number of amides is 1. The molecule has 3 aromatic rings. The number of anilines is 1. The summed E-state index contributed by atoms with van der Waals surface area (Å²) in [6, 6.07) is 15.8. The van der Waals surface area contributed by atoms with Crippen LogP contribution in [0.1, 0.15) is 35.1 Å². The molecule has 0 spiro atoms. The number of halogens is 1. The second-order valence-corrected chi connectivity index (χ2v) is 7.18. The third-order valence-corrected chi connectivity index (χ3v) is 5.34. The average Bonchev–Trinajstić information content (AvgIpc) is 3.16. The van der Waals surface area contributed by atoms with Crippen molar-refractivity contribution in [1.82, 2.24) is 20.3 Å². The van der Waals surface area contributed by atoms with Crippen LogP contribution in [0.4, 0.5) is 5.69 Å². The van der Waals surface area contributed by atoms with E-state index in [-0.39, 0.29) is 18.3 Å². The summed E-state index contributed by atoms with van der Waals surface area (Å²) in [6.45, 7) is 3.82. The van der Waals surface area contributed by atoms with E-state index in [1.165, 1.54) is 0 Å². The van der Waals surface area contributed by atoms with Gasteiger partial charge >= 0.3 is 0 Å². The van der Waals surface area contributed by atoms with Crippen molar-refractivity contribution in [3.05, 3.63) is 59.9 Å². The van der Waals surface area contributed by atoms with Gasteiger partial charge in [-0.1, -0.05) is 35.5 Å². The Labute approximate surface area is 182 Å². The highest BCUT2D eigenvalue weighted by Crippen LogP contribution is 2.31. The standard InChI is InChI=1S/C22H25N5O2.ClH/c1-15-21(25-26-27(15)18-10-12-23-13-11-18)22(28)24-17-7-5-6-16(14-17)19-8-3-4-9-20(19)29-2;/h3-9,14,18,23H,10-13H2,1-2H3,(H,24,28);1H. The maximum absolute atomic E-state index is 12.8. The molecular formula is C22H26ClN5O2. The molecule has 0 atom stereocenters. The third kappa shape index (κ3) is 4.47. The molecule has 0 aliphatic carbocycles. The Morgan fingerprint density at radius 1 is 1.17 bits per heavy atom. The first-order valence-electron chi connectivity index (χ1n) is 9.84.